The van der Waals surface area contributed by atoms with E-state index in [9.17, 15) is 9.59 Å². The number of hydrogen-bond donors (Lipinski definition) is 1. The summed E-state index contributed by atoms with van der Waals surface area (Å²) in [6, 6.07) is 0. The average Bonchev–Trinajstić information content (AvgIpc) is 2.86. The molecule has 0 radical (unpaired) electrons. The Balaban J connectivity index is 0.00000242. The highest BCUT2D eigenvalue weighted by atomic mass is 35.5. The van der Waals surface area contributed by atoms with Crippen LogP contribution < -0.4 is 5.32 Å². The molecule has 2 saturated heterocycles. The summed E-state index contributed by atoms with van der Waals surface area (Å²) in [5.74, 6) is 0.749. The van der Waals surface area contributed by atoms with Crippen LogP contribution in [0.5, 0.6) is 0 Å². The zero-order valence-electron chi connectivity index (χ0n) is 13.5. The van der Waals surface area contributed by atoms with Crippen molar-refractivity contribution in [3.05, 3.63) is 0 Å². The molecule has 0 aliphatic carbocycles. The van der Waals surface area contributed by atoms with Gasteiger partial charge in [0.2, 0.25) is 11.8 Å². The second-order valence-electron chi connectivity index (χ2n) is 6.06. The summed E-state index contributed by atoms with van der Waals surface area (Å²) in [6.07, 6.45) is 2.47. The molecule has 1 N–H and O–H groups in total. The Bertz CT molecular complexity index is 373. The van der Waals surface area contributed by atoms with Gasteiger partial charge in [-0.05, 0) is 32.4 Å². The molecule has 1 unspecified atom stereocenters. The van der Waals surface area contributed by atoms with Gasteiger partial charge < -0.3 is 19.9 Å². The summed E-state index contributed by atoms with van der Waals surface area (Å²) in [4.78, 5) is 28.1. The zero-order valence-corrected chi connectivity index (χ0v) is 14.4. The highest BCUT2D eigenvalue weighted by molar-refractivity contribution is 5.89. The van der Waals surface area contributed by atoms with Crippen molar-refractivity contribution in [3.63, 3.8) is 0 Å². The molecular formula is C15H28ClN3O3. The van der Waals surface area contributed by atoms with Crippen molar-refractivity contribution in [1.29, 1.82) is 0 Å². The minimum atomic E-state index is -0.157. The smallest absolute Gasteiger partial charge is 0.227 e. The van der Waals surface area contributed by atoms with E-state index in [0.717, 1.165) is 32.5 Å². The fourth-order valence-corrected chi connectivity index (χ4v) is 3.26. The Kier molecular flexibility index (Phi) is 8.14. The zero-order chi connectivity index (χ0) is 15.2. The van der Waals surface area contributed by atoms with Crippen molar-refractivity contribution >= 4 is 24.2 Å². The van der Waals surface area contributed by atoms with Crippen LogP contribution in [0.4, 0.5) is 0 Å². The van der Waals surface area contributed by atoms with Crippen LogP contribution >= 0.6 is 12.4 Å². The third-order valence-corrected chi connectivity index (χ3v) is 4.55. The SMILES string of the molecule is CNCC1CCN(C(=O)C2CC(=O)N(CCOC)C2)CC1.Cl. The van der Waals surface area contributed by atoms with Gasteiger partial charge in [0.15, 0.2) is 0 Å². The summed E-state index contributed by atoms with van der Waals surface area (Å²) < 4.78 is 5.00. The number of ether oxygens (including phenoxy) is 1. The molecule has 0 spiro atoms. The fourth-order valence-electron chi connectivity index (χ4n) is 3.26. The van der Waals surface area contributed by atoms with Crippen molar-refractivity contribution in [1.82, 2.24) is 15.1 Å². The lowest BCUT2D eigenvalue weighted by molar-refractivity contribution is -0.137. The normalized spacial score (nSPS) is 22.8. The van der Waals surface area contributed by atoms with Gasteiger partial charge in [-0.1, -0.05) is 0 Å². The van der Waals surface area contributed by atoms with Gasteiger partial charge in [-0.15, -0.1) is 12.4 Å². The molecule has 0 aromatic heterocycles. The fraction of sp³-hybridized carbons (Fsp3) is 0.867. The summed E-state index contributed by atoms with van der Waals surface area (Å²) in [5, 5.41) is 3.20. The number of hydrogen-bond acceptors (Lipinski definition) is 4. The minimum absolute atomic E-state index is 0. The Labute approximate surface area is 138 Å². The first kappa shape index (κ1) is 19.2. The van der Waals surface area contributed by atoms with E-state index in [0.29, 0.717) is 32.0 Å². The second-order valence-corrected chi connectivity index (χ2v) is 6.06. The number of carbonyl (C=O) groups excluding carboxylic acids is 2. The molecular weight excluding hydrogens is 306 g/mol. The van der Waals surface area contributed by atoms with Crippen LogP contribution in [0, 0.1) is 11.8 Å². The first-order valence-electron chi connectivity index (χ1n) is 7.85. The first-order chi connectivity index (χ1) is 10.2. The molecule has 22 heavy (non-hydrogen) atoms. The molecule has 2 aliphatic rings. The number of halogens is 1. The van der Waals surface area contributed by atoms with Crippen LogP contribution in [0.1, 0.15) is 19.3 Å². The van der Waals surface area contributed by atoms with Gasteiger partial charge in [-0.3, -0.25) is 9.59 Å². The lowest BCUT2D eigenvalue weighted by Crippen LogP contribution is -2.43. The van der Waals surface area contributed by atoms with Gasteiger partial charge in [0.05, 0.1) is 12.5 Å². The molecule has 7 heteroatoms. The van der Waals surface area contributed by atoms with Crippen molar-refractivity contribution in [3.8, 4) is 0 Å². The third kappa shape index (κ3) is 4.83. The largest absolute Gasteiger partial charge is 0.383 e. The van der Waals surface area contributed by atoms with Gasteiger partial charge in [0, 0.05) is 39.7 Å². The van der Waals surface area contributed by atoms with E-state index in [2.05, 4.69) is 5.32 Å². The van der Waals surface area contributed by atoms with Crippen LogP contribution in [0.15, 0.2) is 0 Å². The lowest BCUT2D eigenvalue weighted by Gasteiger charge is -2.33. The molecule has 2 rings (SSSR count). The molecule has 0 aromatic carbocycles. The summed E-state index contributed by atoms with van der Waals surface area (Å²) in [5.41, 5.74) is 0. The summed E-state index contributed by atoms with van der Waals surface area (Å²) in [6.45, 7) is 4.35. The highest BCUT2D eigenvalue weighted by Crippen LogP contribution is 2.23. The minimum Gasteiger partial charge on any atom is -0.383 e. The molecule has 0 bridgehead atoms. The predicted octanol–water partition coefficient (Wildman–Crippen LogP) is 0.361. The van der Waals surface area contributed by atoms with Crippen LogP contribution in [0.2, 0.25) is 0 Å². The molecule has 2 aliphatic heterocycles. The van der Waals surface area contributed by atoms with E-state index < -0.39 is 0 Å². The van der Waals surface area contributed by atoms with E-state index >= 15 is 0 Å². The Morgan fingerprint density at radius 3 is 2.64 bits per heavy atom. The maximum absolute atomic E-state index is 12.5. The molecule has 2 heterocycles. The van der Waals surface area contributed by atoms with Gasteiger partial charge in [-0.25, -0.2) is 0 Å². The number of methoxy groups -OCH3 is 1. The van der Waals surface area contributed by atoms with Gasteiger partial charge in [0.25, 0.3) is 0 Å². The number of piperidine rings is 1. The monoisotopic (exact) mass is 333 g/mol. The standard InChI is InChI=1S/C15H27N3O3.ClH/c1-16-10-12-3-5-17(6-4-12)15(20)13-9-14(19)18(11-13)7-8-21-2;/h12-13,16H,3-11H2,1-2H3;1H. The van der Waals surface area contributed by atoms with E-state index in [4.69, 9.17) is 4.74 Å². The molecule has 2 fully saturated rings. The molecule has 0 saturated carbocycles. The Morgan fingerprint density at radius 1 is 1.36 bits per heavy atom. The predicted molar refractivity (Wildman–Crippen MR) is 87.0 cm³/mol. The first-order valence-corrected chi connectivity index (χ1v) is 7.85. The molecule has 2 amide bonds. The number of amides is 2. The van der Waals surface area contributed by atoms with Crippen LogP contribution in [0.25, 0.3) is 0 Å². The van der Waals surface area contributed by atoms with Crippen molar-refractivity contribution < 1.29 is 14.3 Å². The van der Waals surface area contributed by atoms with E-state index in [1.54, 1.807) is 12.0 Å². The molecule has 6 nitrogen and oxygen atoms in total. The van der Waals surface area contributed by atoms with Gasteiger partial charge in [0.1, 0.15) is 0 Å². The summed E-state index contributed by atoms with van der Waals surface area (Å²) >= 11 is 0. The van der Waals surface area contributed by atoms with Crippen molar-refractivity contribution in [2.45, 2.75) is 19.3 Å². The van der Waals surface area contributed by atoms with Gasteiger partial charge in [-0.2, -0.15) is 0 Å². The van der Waals surface area contributed by atoms with E-state index in [-0.39, 0.29) is 30.1 Å². The van der Waals surface area contributed by atoms with Gasteiger partial charge >= 0.3 is 0 Å². The van der Waals surface area contributed by atoms with Crippen molar-refractivity contribution in [2.75, 3.05) is 53.5 Å². The molecule has 128 valence electrons. The van der Waals surface area contributed by atoms with Crippen LogP contribution in [-0.2, 0) is 14.3 Å². The van der Waals surface area contributed by atoms with E-state index in [1.165, 1.54) is 0 Å². The maximum atomic E-state index is 12.5. The Hall–Kier alpha value is -0.850. The number of carbonyl (C=O) groups is 2. The average molecular weight is 334 g/mol. The second kappa shape index (κ2) is 9.33. The third-order valence-electron chi connectivity index (χ3n) is 4.55. The highest BCUT2D eigenvalue weighted by Gasteiger charge is 2.37. The van der Waals surface area contributed by atoms with Crippen LogP contribution in [0.3, 0.4) is 0 Å². The van der Waals surface area contributed by atoms with E-state index in [1.807, 2.05) is 11.9 Å². The molecule has 0 aromatic rings. The van der Waals surface area contributed by atoms with Crippen molar-refractivity contribution in [2.24, 2.45) is 11.8 Å². The topological polar surface area (TPSA) is 61.9 Å². The quantitative estimate of drug-likeness (QED) is 0.762. The number of likely N-dealkylation sites (tertiary alicyclic amines) is 2. The van der Waals surface area contributed by atoms with Crippen LogP contribution in [-0.4, -0.2) is 75.1 Å². The number of nitrogens with one attached hydrogen (secondary N) is 1. The molecule has 1 atom stereocenters. The Morgan fingerprint density at radius 2 is 2.05 bits per heavy atom. The number of nitrogens with zero attached hydrogens (tertiary/aromatic N) is 2. The summed E-state index contributed by atoms with van der Waals surface area (Å²) in [7, 11) is 3.59. The number of rotatable bonds is 6. The maximum Gasteiger partial charge on any atom is 0.227 e. The lowest BCUT2D eigenvalue weighted by atomic mass is 9.95.